The molecule has 4 heteroatoms. The number of carbonyl (C=O) groups excluding carboxylic acids is 1. The van der Waals surface area contributed by atoms with Crippen molar-refractivity contribution in [2.24, 2.45) is 0 Å². The molecule has 0 saturated heterocycles. The lowest BCUT2D eigenvalue weighted by Gasteiger charge is -2.16. The highest BCUT2D eigenvalue weighted by atomic mass is 16.5. The maximum absolute atomic E-state index is 12.2. The van der Waals surface area contributed by atoms with E-state index in [0.717, 1.165) is 12.8 Å². The standard InChI is InChI=1S/C15H24N2O2/c1-4-5-6-8-11(2)17-15(18)12-9-7-10-13(16)14(12)19-3/h7,9-11H,4-6,8,16H2,1-3H3,(H,17,18). The summed E-state index contributed by atoms with van der Waals surface area (Å²) in [5.74, 6) is 0.314. The van der Waals surface area contributed by atoms with Gasteiger partial charge in [-0.3, -0.25) is 4.79 Å². The van der Waals surface area contributed by atoms with Crippen molar-refractivity contribution in [1.29, 1.82) is 0 Å². The first-order valence-electron chi connectivity index (χ1n) is 6.83. The van der Waals surface area contributed by atoms with Crippen LogP contribution in [0.1, 0.15) is 49.9 Å². The van der Waals surface area contributed by atoms with Gasteiger partial charge in [-0.2, -0.15) is 0 Å². The molecule has 1 aromatic carbocycles. The van der Waals surface area contributed by atoms with Crippen molar-refractivity contribution >= 4 is 11.6 Å². The van der Waals surface area contributed by atoms with Gasteiger partial charge in [0.1, 0.15) is 0 Å². The van der Waals surface area contributed by atoms with Crippen LogP contribution in [0, 0.1) is 0 Å². The topological polar surface area (TPSA) is 64.4 Å². The molecule has 3 N–H and O–H groups in total. The molecule has 0 aliphatic heterocycles. The summed E-state index contributed by atoms with van der Waals surface area (Å²) >= 11 is 0. The van der Waals surface area contributed by atoms with Crippen molar-refractivity contribution in [2.75, 3.05) is 12.8 Å². The van der Waals surface area contributed by atoms with Crippen LogP contribution in [0.25, 0.3) is 0 Å². The van der Waals surface area contributed by atoms with Gasteiger partial charge in [0.25, 0.3) is 5.91 Å². The number of para-hydroxylation sites is 1. The van der Waals surface area contributed by atoms with Gasteiger partial charge in [0, 0.05) is 6.04 Å². The fourth-order valence-electron chi connectivity index (χ4n) is 2.04. The van der Waals surface area contributed by atoms with Crippen molar-refractivity contribution in [2.45, 2.75) is 45.6 Å². The van der Waals surface area contributed by atoms with Gasteiger partial charge in [-0.05, 0) is 25.5 Å². The lowest BCUT2D eigenvalue weighted by atomic mass is 10.1. The minimum atomic E-state index is -0.131. The molecule has 0 bridgehead atoms. The zero-order valence-electron chi connectivity index (χ0n) is 12.0. The Morgan fingerprint density at radius 2 is 2.16 bits per heavy atom. The van der Waals surface area contributed by atoms with Gasteiger partial charge in [-0.15, -0.1) is 0 Å². The van der Waals surface area contributed by atoms with Crippen LogP contribution in [0.4, 0.5) is 5.69 Å². The molecule has 0 fully saturated rings. The second-order valence-electron chi connectivity index (χ2n) is 4.80. The van der Waals surface area contributed by atoms with Crippen LogP contribution in [-0.2, 0) is 0 Å². The number of nitrogens with two attached hydrogens (primary N) is 1. The van der Waals surface area contributed by atoms with E-state index < -0.39 is 0 Å². The molecule has 1 atom stereocenters. The van der Waals surface area contributed by atoms with Crippen molar-refractivity contribution < 1.29 is 9.53 Å². The molecule has 106 valence electrons. The number of nitrogens with one attached hydrogen (secondary N) is 1. The molecule has 1 amide bonds. The first-order chi connectivity index (χ1) is 9.10. The highest BCUT2D eigenvalue weighted by Crippen LogP contribution is 2.25. The third-order valence-electron chi connectivity index (χ3n) is 3.11. The smallest absolute Gasteiger partial charge is 0.255 e. The zero-order valence-corrected chi connectivity index (χ0v) is 12.0. The first-order valence-corrected chi connectivity index (χ1v) is 6.83. The van der Waals surface area contributed by atoms with Crippen LogP contribution in [0.2, 0.25) is 0 Å². The third kappa shape index (κ3) is 4.47. The Balaban J connectivity index is 2.65. The summed E-state index contributed by atoms with van der Waals surface area (Å²) < 4.78 is 5.19. The summed E-state index contributed by atoms with van der Waals surface area (Å²) in [6, 6.07) is 5.36. The SMILES string of the molecule is CCCCCC(C)NC(=O)c1cccc(N)c1OC. The van der Waals surface area contributed by atoms with Crippen LogP contribution in [0.3, 0.4) is 0 Å². The largest absolute Gasteiger partial charge is 0.494 e. The fourth-order valence-corrected chi connectivity index (χ4v) is 2.04. The predicted molar refractivity (Wildman–Crippen MR) is 78.5 cm³/mol. The Labute approximate surface area is 115 Å². The lowest BCUT2D eigenvalue weighted by molar-refractivity contribution is 0.0935. The van der Waals surface area contributed by atoms with Crippen LogP contribution in [0.15, 0.2) is 18.2 Å². The number of anilines is 1. The molecule has 0 aliphatic carbocycles. The van der Waals surface area contributed by atoms with Crippen LogP contribution in [-0.4, -0.2) is 19.1 Å². The maximum Gasteiger partial charge on any atom is 0.255 e. The van der Waals surface area contributed by atoms with Gasteiger partial charge in [-0.25, -0.2) is 0 Å². The summed E-state index contributed by atoms with van der Waals surface area (Å²) in [6.45, 7) is 4.19. The second-order valence-corrected chi connectivity index (χ2v) is 4.80. The van der Waals surface area contributed by atoms with E-state index in [0.29, 0.717) is 17.0 Å². The number of nitrogen functional groups attached to an aromatic ring is 1. The molecule has 19 heavy (non-hydrogen) atoms. The van der Waals surface area contributed by atoms with Gasteiger partial charge >= 0.3 is 0 Å². The Morgan fingerprint density at radius 1 is 1.42 bits per heavy atom. The van der Waals surface area contributed by atoms with E-state index in [1.165, 1.54) is 20.0 Å². The van der Waals surface area contributed by atoms with E-state index in [-0.39, 0.29) is 11.9 Å². The molecule has 0 saturated carbocycles. The number of unbranched alkanes of at least 4 members (excludes halogenated alkanes) is 2. The van der Waals surface area contributed by atoms with Gasteiger partial charge in [0.15, 0.2) is 5.75 Å². The van der Waals surface area contributed by atoms with Crippen molar-refractivity contribution in [3.63, 3.8) is 0 Å². The van der Waals surface area contributed by atoms with E-state index in [1.54, 1.807) is 18.2 Å². The molecule has 1 rings (SSSR count). The number of ether oxygens (including phenoxy) is 1. The summed E-state index contributed by atoms with van der Waals surface area (Å²) in [5.41, 5.74) is 6.76. The monoisotopic (exact) mass is 264 g/mol. The number of carbonyl (C=O) groups is 1. The normalized spacial score (nSPS) is 11.9. The molecule has 0 aliphatic rings. The van der Waals surface area contributed by atoms with E-state index >= 15 is 0 Å². The average Bonchev–Trinajstić information content (AvgIpc) is 2.38. The van der Waals surface area contributed by atoms with Crippen LogP contribution >= 0.6 is 0 Å². The van der Waals surface area contributed by atoms with Gasteiger partial charge in [0.05, 0.1) is 18.4 Å². The molecule has 1 aromatic rings. The lowest BCUT2D eigenvalue weighted by Crippen LogP contribution is -2.32. The van der Waals surface area contributed by atoms with E-state index in [2.05, 4.69) is 12.2 Å². The Hall–Kier alpha value is -1.71. The number of hydrogen-bond donors (Lipinski definition) is 2. The van der Waals surface area contributed by atoms with Crippen molar-refractivity contribution in [3.05, 3.63) is 23.8 Å². The number of amides is 1. The van der Waals surface area contributed by atoms with Gasteiger partial charge in [-0.1, -0.05) is 32.3 Å². The van der Waals surface area contributed by atoms with Crippen molar-refractivity contribution in [1.82, 2.24) is 5.32 Å². The van der Waals surface area contributed by atoms with Gasteiger partial charge in [0.2, 0.25) is 0 Å². The van der Waals surface area contributed by atoms with E-state index in [1.807, 2.05) is 6.92 Å². The summed E-state index contributed by atoms with van der Waals surface area (Å²) in [6.07, 6.45) is 4.50. The van der Waals surface area contributed by atoms with Crippen LogP contribution in [0.5, 0.6) is 5.75 Å². The second kappa shape index (κ2) is 7.67. The minimum absolute atomic E-state index is 0.131. The fraction of sp³-hybridized carbons (Fsp3) is 0.533. The number of methoxy groups -OCH3 is 1. The number of benzene rings is 1. The average molecular weight is 264 g/mol. The van der Waals surface area contributed by atoms with Crippen molar-refractivity contribution in [3.8, 4) is 5.75 Å². The highest BCUT2D eigenvalue weighted by molar-refractivity contribution is 5.98. The molecule has 0 spiro atoms. The summed E-state index contributed by atoms with van der Waals surface area (Å²) in [5, 5.41) is 2.98. The first kappa shape index (κ1) is 15.3. The minimum Gasteiger partial charge on any atom is -0.494 e. The molecular formula is C15H24N2O2. The summed E-state index contributed by atoms with van der Waals surface area (Å²) in [7, 11) is 1.52. The molecule has 0 aromatic heterocycles. The van der Waals surface area contributed by atoms with E-state index in [4.69, 9.17) is 10.5 Å². The maximum atomic E-state index is 12.2. The molecule has 1 unspecified atom stereocenters. The molecule has 0 heterocycles. The third-order valence-corrected chi connectivity index (χ3v) is 3.11. The highest BCUT2D eigenvalue weighted by Gasteiger charge is 2.15. The van der Waals surface area contributed by atoms with E-state index in [9.17, 15) is 4.79 Å². The Kier molecular flexibility index (Phi) is 6.19. The predicted octanol–water partition coefficient (Wildman–Crippen LogP) is 2.98. The van der Waals surface area contributed by atoms with Crippen LogP contribution < -0.4 is 15.8 Å². The Morgan fingerprint density at radius 3 is 2.79 bits per heavy atom. The zero-order chi connectivity index (χ0) is 14.3. The molecule has 0 radical (unpaired) electrons. The molecule has 4 nitrogen and oxygen atoms in total. The van der Waals surface area contributed by atoms with Gasteiger partial charge < -0.3 is 15.8 Å². The number of hydrogen-bond acceptors (Lipinski definition) is 3. The molecular weight excluding hydrogens is 240 g/mol. The number of rotatable bonds is 7. The quantitative estimate of drug-likeness (QED) is 0.588. The Bertz CT molecular complexity index is 419. The summed E-state index contributed by atoms with van der Waals surface area (Å²) in [4.78, 5) is 12.2.